The van der Waals surface area contributed by atoms with E-state index in [1.54, 1.807) is 13.0 Å². The Morgan fingerprint density at radius 2 is 1.89 bits per heavy atom. The second-order valence-corrected chi connectivity index (χ2v) is 5.41. The molecule has 0 aliphatic heterocycles. The third-order valence-corrected chi connectivity index (χ3v) is 3.38. The van der Waals surface area contributed by atoms with E-state index in [2.05, 4.69) is 5.10 Å². The number of hydrogen-bond donors (Lipinski definition) is 2. The first-order valence-electron chi connectivity index (χ1n) is 5.10. The lowest BCUT2D eigenvalue weighted by Gasteiger charge is -2.06. The number of nitrogens with zero attached hydrogens (tertiary/aromatic N) is 2. The Labute approximate surface area is 103 Å². The maximum absolute atomic E-state index is 11.0. The van der Waals surface area contributed by atoms with Crippen LogP contribution in [0.2, 0.25) is 0 Å². The van der Waals surface area contributed by atoms with Crippen LogP contribution in [0.1, 0.15) is 16.2 Å². The van der Waals surface area contributed by atoms with Crippen molar-refractivity contribution < 1.29 is 19.1 Å². The van der Waals surface area contributed by atoms with E-state index in [0.717, 1.165) is 0 Å². The van der Waals surface area contributed by atoms with E-state index in [9.17, 15) is 9.36 Å². The summed E-state index contributed by atoms with van der Waals surface area (Å²) in [5.41, 5.74) is 1.65. The van der Waals surface area contributed by atoms with Gasteiger partial charge in [-0.25, -0.2) is 4.68 Å². The first-order chi connectivity index (χ1) is 8.41. The van der Waals surface area contributed by atoms with Crippen LogP contribution in [-0.4, -0.2) is 25.9 Å². The Hall–Kier alpha value is -1.75. The van der Waals surface area contributed by atoms with Gasteiger partial charge in [-0.15, -0.1) is 0 Å². The summed E-state index contributed by atoms with van der Waals surface area (Å²) < 4.78 is 12.4. The van der Waals surface area contributed by atoms with Crippen LogP contribution in [0.3, 0.4) is 0 Å². The molecule has 0 fully saturated rings. The van der Waals surface area contributed by atoms with Crippen molar-refractivity contribution in [3.63, 3.8) is 0 Å². The van der Waals surface area contributed by atoms with Gasteiger partial charge in [0.05, 0.1) is 16.7 Å². The Morgan fingerprint density at radius 3 is 2.39 bits per heavy atom. The van der Waals surface area contributed by atoms with Gasteiger partial charge in [0.2, 0.25) is 0 Å². The number of carbonyl (C=O) groups is 1. The SMILES string of the molecule is Cc1cc(C=O)n(-c2ccc(P(=O)(O)O)cc2)n1. The molecule has 0 amide bonds. The van der Waals surface area contributed by atoms with Crippen molar-refractivity contribution in [3.8, 4) is 5.69 Å². The standard InChI is InChI=1S/C11H11N2O4P/c1-8-6-10(7-14)13(12-8)9-2-4-11(5-3-9)18(15,16)17/h2-7H,1H3,(H2,15,16,17). The maximum Gasteiger partial charge on any atom is 0.356 e. The Kier molecular flexibility index (Phi) is 3.17. The molecule has 0 aliphatic carbocycles. The highest BCUT2D eigenvalue weighted by molar-refractivity contribution is 7.60. The summed E-state index contributed by atoms with van der Waals surface area (Å²) in [4.78, 5) is 28.8. The maximum atomic E-state index is 11.0. The number of hydrogen-bond acceptors (Lipinski definition) is 3. The fraction of sp³-hybridized carbons (Fsp3) is 0.0909. The lowest BCUT2D eigenvalue weighted by Crippen LogP contribution is -2.06. The van der Waals surface area contributed by atoms with Crippen molar-refractivity contribution in [3.05, 3.63) is 41.7 Å². The summed E-state index contributed by atoms with van der Waals surface area (Å²) in [6.45, 7) is 1.76. The fourth-order valence-electron chi connectivity index (χ4n) is 1.60. The topological polar surface area (TPSA) is 92.4 Å². The molecule has 1 aromatic carbocycles. The first kappa shape index (κ1) is 12.7. The smallest absolute Gasteiger partial charge is 0.321 e. The lowest BCUT2D eigenvalue weighted by molar-refractivity contribution is 0.111. The van der Waals surface area contributed by atoms with E-state index in [4.69, 9.17) is 9.79 Å². The molecule has 0 aliphatic rings. The Morgan fingerprint density at radius 1 is 1.28 bits per heavy atom. The molecule has 2 aromatic rings. The van der Waals surface area contributed by atoms with Gasteiger partial charge < -0.3 is 9.79 Å². The van der Waals surface area contributed by atoms with Gasteiger partial charge in [-0.2, -0.15) is 5.10 Å². The van der Waals surface area contributed by atoms with Crippen molar-refractivity contribution >= 4 is 19.2 Å². The van der Waals surface area contributed by atoms with Crippen LogP contribution >= 0.6 is 7.60 Å². The molecule has 0 bridgehead atoms. The van der Waals surface area contributed by atoms with E-state index in [1.165, 1.54) is 28.9 Å². The highest BCUT2D eigenvalue weighted by Gasteiger charge is 2.16. The average molecular weight is 266 g/mol. The van der Waals surface area contributed by atoms with E-state index in [1.807, 2.05) is 0 Å². The summed E-state index contributed by atoms with van der Waals surface area (Å²) >= 11 is 0. The summed E-state index contributed by atoms with van der Waals surface area (Å²) in [7, 11) is -4.24. The van der Waals surface area contributed by atoms with Gasteiger partial charge >= 0.3 is 7.60 Å². The lowest BCUT2D eigenvalue weighted by atomic mass is 10.3. The molecule has 94 valence electrons. The Balaban J connectivity index is 2.46. The number of benzene rings is 1. The van der Waals surface area contributed by atoms with Gasteiger partial charge in [0, 0.05) is 0 Å². The number of aryl methyl sites for hydroxylation is 1. The number of rotatable bonds is 3. The third kappa shape index (κ3) is 2.41. The van der Waals surface area contributed by atoms with Crippen LogP contribution < -0.4 is 5.30 Å². The molecule has 2 N–H and O–H groups in total. The van der Waals surface area contributed by atoms with Crippen LogP contribution in [0.25, 0.3) is 5.69 Å². The van der Waals surface area contributed by atoms with Crippen molar-refractivity contribution in [2.45, 2.75) is 6.92 Å². The molecule has 0 spiro atoms. The van der Waals surface area contributed by atoms with Gasteiger partial charge in [-0.3, -0.25) is 9.36 Å². The summed E-state index contributed by atoms with van der Waals surface area (Å²) in [6, 6.07) is 7.29. The van der Waals surface area contributed by atoms with E-state index < -0.39 is 7.60 Å². The van der Waals surface area contributed by atoms with Crippen LogP contribution in [0.15, 0.2) is 30.3 Å². The molecule has 0 unspecified atom stereocenters. The fourth-order valence-corrected chi connectivity index (χ4v) is 2.14. The molecule has 6 nitrogen and oxygen atoms in total. The molecule has 1 aromatic heterocycles. The predicted octanol–water partition coefficient (Wildman–Crippen LogP) is 0.796. The zero-order valence-electron chi connectivity index (χ0n) is 9.52. The minimum absolute atomic E-state index is 0.0669. The average Bonchev–Trinajstić information content (AvgIpc) is 2.69. The molecule has 0 saturated carbocycles. The quantitative estimate of drug-likeness (QED) is 0.633. The molecule has 0 radical (unpaired) electrons. The van der Waals surface area contributed by atoms with Crippen LogP contribution in [0, 0.1) is 6.92 Å². The zero-order valence-corrected chi connectivity index (χ0v) is 10.4. The van der Waals surface area contributed by atoms with Crippen molar-refractivity contribution in [2.24, 2.45) is 0 Å². The third-order valence-electron chi connectivity index (χ3n) is 2.41. The molecule has 2 rings (SSSR count). The largest absolute Gasteiger partial charge is 0.356 e. The van der Waals surface area contributed by atoms with Crippen molar-refractivity contribution in [1.82, 2.24) is 9.78 Å². The normalized spacial score (nSPS) is 11.5. The summed E-state index contributed by atoms with van der Waals surface area (Å²) in [5.74, 6) is 0. The molecule has 0 saturated heterocycles. The van der Waals surface area contributed by atoms with E-state index in [0.29, 0.717) is 23.4 Å². The Bertz CT molecular complexity index is 627. The summed E-state index contributed by atoms with van der Waals surface area (Å²) in [5, 5.41) is 4.07. The van der Waals surface area contributed by atoms with Crippen molar-refractivity contribution in [2.75, 3.05) is 0 Å². The van der Waals surface area contributed by atoms with Crippen LogP contribution in [-0.2, 0) is 4.57 Å². The molecule has 7 heteroatoms. The van der Waals surface area contributed by atoms with E-state index >= 15 is 0 Å². The summed E-state index contributed by atoms with van der Waals surface area (Å²) in [6.07, 6.45) is 0.677. The van der Waals surface area contributed by atoms with Gasteiger partial charge in [0.25, 0.3) is 0 Å². The minimum atomic E-state index is -4.24. The molecule has 1 heterocycles. The molecular weight excluding hydrogens is 255 g/mol. The highest BCUT2D eigenvalue weighted by Crippen LogP contribution is 2.33. The van der Waals surface area contributed by atoms with Crippen LogP contribution in [0.5, 0.6) is 0 Å². The molecule has 18 heavy (non-hydrogen) atoms. The monoisotopic (exact) mass is 266 g/mol. The number of aldehydes is 1. The molecular formula is C11H11N2O4P. The predicted molar refractivity (Wildman–Crippen MR) is 65.4 cm³/mol. The number of carbonyl (C=O) groups excluding carboxylic acids is 1. The second kappa shape index (κ2) is 4.49. The second-order valence-electron chi connectivity index (χ2n) is 3.80. The van der Waals surface area contributed by atoms with Crippen LogP contribution in [0.4, 0.5) is 0 Å². The van der Waals surface area contributed by atoms with Gasteiger partial charge in [0.1, 0.15) is 5.69 Å². The number of aromatic nitrogens is 2. The first-order valence-corrected chi connectivity index (χ1v) is 6.71. The van der Waals surface area contributed by atoms with Crippen molar-refractivity contribution in [1.29, 1.82) is 0 Å². The highest BCUT2D eigenvalue weighted by atomic mass is 31.2. The van der Waals surface area contributed by atoms with Gasteiger partial charge in [-0.1, -0.05) is 0 Å². The van der Waals surface area contributed by atoms with Gasteiger partial charge in [0.15, 0.2) is 6.29 Å². The zero-order chi connectivity index (χ0) is 13.3. The molecule has 0 atom stereocenters. The van der Waals surface area contributed by atoms with E-state index in [-0.39, 0.29) is 5.30 Å². The van der Waals surface area contributed by atoms with Gasteiger partial charge in [-0.05, 0) is 37.3 Å². The minimum Gasteiger partial charge on any atom is -0.321 e.